The average Bonchev–Trinajstić information content (AvgIpc) is 3.20. The Kier molecular flexibility index (Phi) is 7.49. The number of thiazole rings is 1. The molecule has 0 unspecified atom stereocenters. The van der Waals surface area contributed by atoms with E-state index in [1.165, 1.54) is 39.9 Å². The first-order valence-electron chi connectivity index (χ1n) is 11.3. The Hall–Kier alpha value is -3.27. The molecular formula is C26H27N3O4S2. The minimum Gasteiger partial charge on any atom is -0.494 e. The third-order valence-corrected chi connectivity index (χ3v) is 8.39. The molecule has 0 radical (unpaired) electrons. The topological polar surface area (TPSA) is 81.0 Å². The molecule has 7 nitrogen and oxygen atoms in total. The lowest BCUT2D eigenvalue weighted by molar-refractivity contribution is 0.0997. The minimum absolute atomic E-state index is 0.126. The summed E-state index contributed by atoms with van der Waals surface area (Å²) in [5.74, 6) is 0.349. The van der Waals surface area contributed by atoms with Crippen molar-refractivity contribution in [2.75, 3.05) is 13.7 Å². The molecule has 182 valence electrons. The van der Waals surface area contributed by atoms with E-state index in [2.05, 4.69) is 4.99 Å². The molecule has 4 rings (SSSR count). The van der Waals surface area contributed by atoms with Gasteiger partial charge in [0.1, 0.15) is 5.75 Å². The second-order valence-electron chi connectivity index (χ2n) is 7.88. The fourth-order valence-corrected chi connectivity index (χ4v) is 6.01. The van der Waals surface area contributed by atoms with Crippen molar-refractivity contribution in [3.8, 4) is 5.75 Å². The van der Waals surface area contributed by atoms with Gasteiger partial charge in [-0.1, -0.05) is 41.7 Å². The van der Waals surface area contributed by atoms with Crippen LogP contribution in [0.25, 0.3) is 10.2 Å². The van der Waals surface area contributed by atoms with Crippen molar-refractivity contribution in [2.24, 2.45) is 4.99 Å². The molecule has 1 aromatic heterocycles. The van der Waals surface area contributed by atoms with Gasteiger partial charge in [0.15, 0.2) is 4.80 Å². The summed E-state index contributed by atoms with van der Waals surface area (Å²) in [4.78, 5) is 18.0. The third kappa shape index (κ3) is 5.37. The molecule has 1 heterocycles. The summed E-state index contributed by atoms with van der Waals surface area (Å²) in [6.45, 7) is 5.42. The first-order valence-corrected chi connectivity index (χ1v) is 13.5. The summed E-state index contributed by atoms with van der Waals surface area (Å²) in [6, 6.07) is 21.1. The van der Waals surface area contributed by atoms with E-state index in [9.17, 15) is 13.2 Å². The lowest BCUT2D eigenvalue weighted by Crippen LogP contribution is -2.26. The van der Waals surface area contributed by atoms with Crippen molar-refractivity contribution in [3.63, 3.8) is 0 Å². The molecule has 35 heavy (non-hydrogen) atoms. The van der Waals surface area contributed by atoms with Gasteiger partial charge in [0.2, 0.25) is 10.0 Å². The highest BCUT2D eigenvalue weighted by Crippen LogP contribution is 2.24. The molecule has 0 fully saturated rings. The van der Waals surface area contributed by atoms with E-state index in [4.69, 9.17) is 4.74 Å². The minimum atomic E-state index is -3.70. The van der Waals surface area contributed by atoms with Crippen molar-refractivity contribution >= 4 is 37.5 Å². The quantitative estimate of drug-likeness (QED) is 0.345. The molecule has 0 N–H and O–H groups in total. The molecule has 4 aromatic rings. The Bertz CT molecular complexity index is 1510. The number of amides is 1. The van der Waals surface area contributed by atoms with E-state index in [0.29, 0.717) is 23.5 Å². The highest BCUT2D eigenvalue weighted by atomic mass is 32.2. The molecule has 0 aliphatic heterocycles. The number of ether oxygens (including phenoxy) is 1. The van der Waals surface area contributed by atoms with Gasteiger partial charge in [-0.15, -0.1) is 0 Å². The summed E-state index contributed by atoms with van der Waals surface area (Å²) in [6.07, 6.45) is 0. The van der Waals surface area contributed by atoms with E-state index in [-0.39, 0.29) is 11.4 Å². The Morgan fingerprint density at radius 3 is 2.40 bits per heavy atom. The van der Waals surface area contributed by atoms with E-state index in [1.807, 2.05) is 66.9 Å². The lowest BCUT2D eigenvalue weighted by Gasteiger charge is -2.17. The highest BCUT2D eigenvalue weighted by molar-refractivity contribution is 7.89. The predicted molar refractivity (Wildman–Crippen MR) is 138 cm³/mol. The number of benzene rings is 3. The average molecular weight is 510 g/mol. The van der Waals surface area contributed by atoms with Gasteiger partial charge >= 0.3 is 0 Å². The van der Waals surface area contributed by atoms with Gasteiger partial charge in [-0.3, -0.25) is 4.79 Å². The normalized spacial score (nSPS) is 12.4. The molecule has 9 heteroatoms. The van der Waals surface area contributed by atoms with Gasteiger partial charge in [0.05, 0.1) is 21.7 Å². The van der Waals surface area contributed by atoms with Crippen molar-refractivity contribution < 1.29 is 17.9 Å². The van der Waals surface area contributed by atoms with Gasteiger partial charge in [-0.2, -0.15) is 9.30 Å². The zero-order valence-corrected chi connectivity index (χ0v) is 21.5. The summed E-state index contributed by atoms with van der Waals surface area (Å²) < 4.78 is 35.8. The van der Waals surface area contributed by atoms with Gasteiger partial charge in [0, 0.05) is 25.7 Å². The number of hydrogen-bond donors (Lipinski definition) is 0. The molecule has 3 aromatic carbocycles. The van der Waals surface area contributed by atoms with Crippen LogP contribution < -0.4 is 9.54 Å². The van der Waals surface area contributed by atoms with E-state index < -0.39 is 15.9 Å². The summed E-state index contributed by atoms with van der Waals surface area (Å²) in [7, 11) is -2.16. The standard InChI is InChI=1S/C26H27N3O4S2/c1-4-29-23-16-13-21(33-5-2)17-24(23)34-26(29)27-25(30)20-11-14-22(15-12-20)35(31,32)28(3)18-19-9-7-6-8-10-19/h6-17H,4-5,18H2,1-3H3. The lowest BCUT2D eigenvalue weighted by atomic mass is 10.2. The van der Waals surface area contributed by atoms with Crippen LogP contribution in [-0.4, -0.2) is 36.9 Å². The zero-order valence-electron chi connectivity index (χ0n) is 19.8. The van der Waals surface area contributed by atoms with Gasteiger partial charge in [-0.05, 0) is 61.9 Å². The molecular weight excluding hydrogens is 482 g/mol. The van der Waals surface area contributed by atoms with Crippen LogP contribution in [0, 0.1) is 0 Å². The number of aromatic nitrogens is 1. The van der Waals surface area contributed by atoms with Crippen molar-refractivity contribution in [3.05, 3.63) is 88.7 Å². The maximum atomic E-state index is 13.0. The third-order valence-electron chi connectivity index (χ3n) is 5.54. The highest BCUT2D eigenvalue weighted by Gasteiger charge is 2.21. The second-order valence-corrected chi connectivity index (χ2v) is 10.9. The number of hydrogen-bond acceptors (Lipinski definition) is 5. The summed E-state index contributed by atoms with van der Waals surface area (Å²) >= 11 is 1.42. The summed E-state index contributed by atoms with van der Waals surface area (Å²) in [5, 5.41) is 0. The van der Waals surface area contributed by atoms with E-state index in [0.717, 1.165) is 21.5 Å². The van der Waals surface area contributed by atoms with E-state index in [1.54, 1.807) is 7.05 Å². The fraction of sp³-hybridized carbons (Fsp3) is 0.231. The van der Waals surface area contributed by atoms with Gasteiger partial charge in [0.25, 0.3) is 5.91 Å². The molecule has 0 aliphatic carbocycles. The van der Waals surface area contributed by atoms with Crippen molar-refractivity contribution in [1.82, 2.24) is 8.87 Å². The van der Waals surface area contributed by atoms with Crippen LogP contribution in [0.5, 0.6) is 5.75 Å². The Morgan fingerprint density at radius 2 is 1.74 bits per heavy atom. The monoisotopic (exact) mass is 509 g/mol. The molecule has 0 saturated heterocycles. The fourth-order valence-electron chi connectivity index (χ4n) is 3.73. The number of nitrogens with zero attached hydrogens (tertiary/aromatic N) is 3. The number of rotatable bonds is 8. The smallest absolute Gasteiger partial charge is 0.279 e. The maximum Gasteiger partial charge on any atom is 0.279 e. The van der Waals surface area contributed by atoms with Gasteiger partial charge in [-0.25, -0.2) is 8.42 Å². The van der Waals surface area contributed by atoms with Crippen molar-refractivity contribution in [1.29, 1.82) is 0 Å². The Morgan fingerprint density at radius 1 is 1.03 bits per heavy atom. The number of aryl methyl sites for hydroxylation is 1. The molecule has 0 spiro atoms. The summed E-state index contributed by atoms with van der Waals surface area (Å²) in [5.41, 5.74) is 2.20. The first kappa shape index (κ1) is 24.8. The van der Waals surface area contributed by atoms with Crippen LogP contribution in [-0.2, 0) is 23.1 Å². The number of carbonyl (C=O) groups is 1. The van der Waals surface area contributed by atoms with Crippen LogP contribution in [0.1, 0.15) is 29.8 Å². The van der Waals surface area contributed by atoms with Crippen LogP contribution in [0.4, 0.5) is 0 Å². The van der Waals surface area contributed by atoms with Gasteiger partial charge < -0.3 is 9.30 Å². The first-order chi connectivity index (χ1) is 16.8. The molecule has 0 bridgehead atoms. The predicted octanol–water partition coefficient (Wildman–Crippen LogP) is 4.68. The number of sulfonamides is 1. The van der Waals surface area contributed by atoms with Crippen LogP contribution in [0.15, 0.2) is 82.7 Å². The Balaban J connectivity index is 1.59. The molecule has 0 aliphatic rings. The van der Waals surface area contributed by atoms with Crippen LogP contribution >= 0.6 is 11.3 Å². The zero-order chi connectivity index (χ0) is 25.0. The number of fused-ring (bicyclic) bond motifs is 1. The van der Waals surface area contributed by atoms with E-state index >= 15 is 0 Å². The molecule has 0 atom stereocenters. The second kappa shape index (κ2) is 10.6. The number of carbonyl (C=O) groups excluding carboxylic acids is 1. The molecule has 1 amide bonds. The maximum absolute atomic E-state index is 13.0. The SMILES string of the molecule is CCOc1ccc2c(c1)sc(=NC(=O)c1ccc(S(=O)(=O)N(C)Cc3ccccc3)cc1)n2CC. The van der Waals surface area contributed by atoms with Crippen LogP contribution in [0.3, 0.4) is 0 Å². The van der Waals surface area contributed by atoms with Crippen LogP contribution in [0.2, 0.25) is 0 Å². The largest absolute Gasteiger partial charge is 0.494 e. The molecule has 0 saturated carbocycles. The Labute approximate surface area is 209 Å². The van der Waals surface area contributed by atoms with Crippen molar-refractivity contribution in [2.45, 2.75) is 31.8 Å².